The Kier molecular flexibility index (Phi) is 3.61. The van der Waals surface area contributed by atoms with E-state index in [-0.39, 0.29) is 0 Å². The number of nitrogens with zero attached hydrogens (tertiary/aromatic N) is 2. The zero-order chi connectivity index (χ0) is 15.1. The Bertz CT molecular complexity index is 845. The molecule has 0 spiro atoms. The molecule has 0 amide bonds. The van der Waals surface area contributed by atoms with Gasteiger partial charge in [0.2, 0.25) is 5.95 Å². The first-order valence-corrected chi connectivity index (χ1v) is 7.11. The minimum atomic E-state index is 0.290. The number of halogens is 3. The number of nitrogens with two attached hydrogens (primary N) is 1. The number of benzene rings is 2. The average Bonchev–Trinajstić information content (AvgIpc) is 2.75. The van der Waals surface area contributed by atoms with Gasteiger partial charge in [0, 0.05) is 6.07 Å². The number of hydrogen-bond donors (Lipinski definition) is 1. The van der Waals surface area contributed by atoms with E-state index in [0.29, 0.717) is 38.0 Å². The highest BCUT2D eigenvalue weighted by Crippen LogP contribution is 2.34. The predicted molar refractivity (Wildman–Crippen MR) is 87.1 cm³/mol. The lowest BCUT2D eigenvalue weighted by atomic mass is 10.2. The van der Waals surface area contributed by atoms with E-state index in [1.54, 1.807) is 42.0 Å². The fourth-order valence-electron chi connectivity index (χ4n) is 2.14. The number of hydrogen-bond acceptors (Lipinski definition) is 3. The van der Waals surface area contributed by atoms with Gasteiger partial charge in [-0.05, 0) is 24.3 Å². The van der Waals surface area contributed by atoms with E-state index in [9.17, 15) is 0 Å². The average molecular weight is 343 g/mol. The van der Waals surface area contributed by atoms with Crippen LogP contribution in [0.5, 0.6) is 5.75 Å². The molecular weight excluding hydrogens is 333 g/mol. The summed E-state index contributed by atoms with van der Waals surface area (Å²) in [5.74, 6) is 0.953. The van der Waals surface area contributed by atoms with Crippen molar-refractivity contribution < 1.29 is 4.74 Å². The fourth-order valence-corrected chi connectivity index (χ4v) is 2.65. The Morgan fingerprint density at radius 2 is 1.76 bits per heavy atom. The van der Waals surface area contributed by atoms with Gasteiger partial charge in [-0.25, -0.2) is 4.98 Å². The van der Waals surface area contributed by atoms with Crippen LogP contribution in [0.2, 0.25) is 15.1 Å². The smallest absolute Gasteiger partial charge is 0.205 e. The molecule has 0 fully saturated rings. The molecule has 3 aromatic rings. The van der Waals surface area contributed by atoms with Crippen molar-refractivity contribution in [3.8, 4) is 11.4 Å². The summed E-state index contributed by atoms with van der Waals surface area (Å²) in [4.78, 5) is 4.29. The van der Waals surface area contributed by atoms with Gasteiger partial charge >= 0.3 is 0 Å². The zero-order valence-corrected chi connectivity index (χ0v) is 13.2. The summed E-state index contributed by atoms with van der Waals surface area (Å²) in [5.41, 5.74) is 8.03. The molecule has 1 heterocycles. The number of nitrogen functional groups attached to an aromatic ring is 1. The van der Waals surface area contributed by atoms with Crippen molar-refractivity contribution in [2.24, 2.45) is 0 Å². The zero-order valence-electron chi connectivity index (χ0n) is 10.9. The minimum absolute atomic E-state index is 0.290. The molecule has 0 saturated carbocycles. The Morgan fingerprint density at radius 1 is 1.05 bits per heavy atom. The van der Waals surface area contributed by atoms with E-state index >= 15 is 0 Å². The molecule has 0 bridgehead atoms. The van der Waals surface area contributed by atoms with E-state index in [1.165, 1.54) is 0 Å². The first kappa shape index (κ1) is 14.3. The number of imidazole rings is 1. The standard InChI is InChI=1S/C14H10Cl3N3O/c1-21-7-2-3-8(15)12(4-7)20-13-6-10(17)9(16)5-11(13)19-14(20)18/h2-6H,1H3,(H2,18,19). The summed E-state index contributed by atoms with van der Waals surface area (Å²) in [7, 11) is 1.58. The summed E-state index contributed by atoms with van der Waals surface area (Å²) in [5, 5.41) is 1.36. The SMILES string of the molecule is COc1ccc(Cl)c(-n2c(N)nc3cc(Cl)c(Cl)cc32)c1. The van der Waals surface area contributed by atoms with E-state index in [4.69, 9.17) is 45.3 Å². The maximum Gasteiger partial charge on any atom is 0.205 e. The third kappa shape index (κ3) is 2.39. The molecule has 7 heteroatoms. The Balaban J connectivity index is 2.34. The number of aromatic nitrogens is 2. The van der Waals surface area contributed by atoms with E-state index < -0.39 is 0 Å². The summed E-state index contributed by atoms with van der Waals surface area (Å²) >= 11 is 18.4. The van der Waals surface area contributed by atoms with Crippen molar-refractivity contribution in [2.45, 2.75) is 0 Å². The fraction of sp³-hybridized carbons (Fsp3) is 0.0714. The maximum absolute atomic E-state index is 6.27. The van der Waals surface area contributed by atoms with Crippen LogP contribution in [-0.4, -0.2) is 16.7 Å². The molecule has 1 aromatic heterocycles. The topological polar surface area (TPSA) is 53.1 Å². The Labute approximate surface area is 136 Å². The first-order valence-electron chi connectivity index (χ1n) is 5.98. The largest absolute Gasteiger partial charge is 0.497 e. The van der Waals surface area contributed by atoms with Gasteiger partial charge in [-0.1, -0.05) is 34.8 Å². The van der Waals surface area contributed by atoms with Crippen molar-refractivity contribution in [1.29, 1.82) is 0 Å². The van der Waals surface area contributed by atoms with E-state index in [0.717, 1.165) is 5.52 Å². The highest BCUT2D eigenvalue weighted by atomic mass is 35.5. The minimum Gasteiger partial charge on any atom is -0.497 e. The van der Waals surface area contributed by atoms with Crippen molar-refractivity contribution in [1.82, 2.24) is 9.55 Å². The van der Waals surface area contributed by atoms with Crippen LogP contribution in [0.15, 0.2) is 30.3 Å². The second kappa shape index (κ2) is 5.30. The number of anilines is 1. The first-order chi connectivity index (χ1) is 10.0. The van der Waals surface area contributed by atoms with Crippen molar-refractivity contribution in [2.75, 3.05) is 12.8 Å². The molecule has 0 atom stereocenters. The van der Waals surface area contributed by atoms with E-state index in [1.807, 2.05) is 0 Å². The molecular formula is C14H10Cl3N3O. The lowest BCUT2D eigenvalue weighted by Gasteiger charge is -2.11. The van der Waals surface area contributed by atoms with Crippen LogP contribution in [0.4, 0.5) is 5.95 Å². The van der Waals surface area contributed by atoms with Crippen LogP contribution in [0.25, 0.3) is 16.7 Å². The summed E-state index contributed by atoms with van der Waals surface area (Å²) < 4.78 is 6.93. The van der Waals surface area contributed by atoms with Crippen LogP contribution in [-0.2, 0) is 0 Å². The summed E-state index contributed by atoms with van der Waals surface area (Å²) in [6, 6.07) is 8.66. The van der Waals surface area contributed by atoms with Gasteiger partial charge in [0.05, 0.1) is 38.9 Å². The molecule has 21 heavy (non-hydrogen) atoms. The highest BCUT2D eigenvalue weighted by Gasteiger charge is 2.15. The third-order valence-electron chi connectivity index (χ3n) is 3.12. The van der Waals surface area contributed by atoms with Crippen LogP contribution in [0, 0.1) is 0 Å². The van der Waals surface area contributed by atoms with Crippen LogP contribution >= 0.6 is 34.8 Å². The quantitative estimate of drug-likeness (QED) is 0.742. The second-order valence-corrected chi connectivity index (χ2v) is 5.60. The van der Waals surface area contributed by atoms with Crippen LogP contribution in [0.1, 0.15) is 0 Å². The van der Waals surface area contributed by atoms with Crippen molar-refractivity contribution >= 4 is 51.8 Å². The molecule has 2 aromatic carbocycles. The number of ether oxygens (including phenoxy) is 1. The van der Waals surface area contributed by atoms with Gasteiger partial charge in [0.1, 0.15) is 5.75 Å². The Morgan fingerprint density at radius 3 is 2.48 bits per heavy atom. The number of rotatable bonds is 2. The van der Waals surface area contributed by atoms with Crippen LogP contribution < -0.4 is 10.5 Å². The second-order valence-electron chi connectivity index (χ2n) is 4.38. The summed E-state index contributed by atoms with van der Waals surface area (Å²) in [6.45, 7) is 0. The lowest BCUT2D eigenvalue weighted by Crippen LogP contribution is -2.01. The number of methoxy groups -OCH3 is 1. The van der Waals surface area contributed by atoms with Crippen molar-refractivity contribution in [3.05, 3.63) is 45.4 Å². The highest BCUT2D eigenvalue weighted by molar-refractivity contribution is 6.42. The normalized spacial score (nSPS) is 11.0. The third-order valence-corrected chi connectivity index (χ3v) is 4.16. The molecule has 0 aliphatic carbocycles. The summed E-state index contributed by atoms with van der Waals surface area (Å²) in [6.07, 6.45) is 0. The van der Waals surface area contributed by atoms with Gasteiger partial charge in [-0.15, -0.1) is 0 Å². The molecule has 4 nitrogen and oxygen atoms in total. The van der Waals surface area contributed by atoms with Gasteiger partial charge in [-0.2, -0.15) is 0 Å². The number of fused-ring (bicyclic) bond motifs is 1. The molecule has 0 aliphatic heterocycles. The maximum atomic E-state index is 6.27. The van der Waals surface area contributed by atoms with Gasteiger partial charge in [0.15, 0.2) is 0 Å². The molecule has 0 saturated heterocycles. The predicted octanol–water partition coefficient (Wildman–Crippen LogP) is 4.58. The molecule has 0 unspecified atom stereocenters. The molecule has 0 radical (unpaired) electrons. The van der Waals surface area contributed by atoms with Gasteiger partial charge in [0.25, 0.3) is 0 Å². The van der Waals surface area contributed by atoms with Crippen LogP contribution in [0.3, 0.4) is 0 Å². The van der Waals surface area contributed by atoms with E-state index in [2.05, 4.69) is 4.98 Å². The molecule has 3 rings (SSSR count). The monoisotopic (exact) mass is 341 g/mol. The van der Waals surface area contributed by atoms with Crippen molar-refractivity contribution in [3.63, 3.8) is 0 Å². The van der Waals surface area contributed by atoms with Gasteiger partial charge < -0.3 is 10.5 Å². The lowest BCUT2D eigenvalue weighted by molar-refractivity contribution is 0.414. The molecule has 0 aliphatic rings. The Hall–Kier alpha value is -1.62. The molecule has 2 N–H and O–H groups in total. The van der Waals surface area contributed by atoms with Gasteiger partial charge in [-0.3, -0.25) is 4.57 Å². The molecule has 108 valence electrons.